The van der Waals surface area contributed by atoms with Crippen molar-refractivity contribution in [2.24, 2.45) is 16.6 Å². The first-order valence-corrected chi connectivity index (χ1v) is 4.72. The van der Waals surface area contributed by atoms with Gasteiger partial charge in [-0.1, -0.05) is 0 Å². The van der Waals surface area contributed by atoms with Crippen molar-refractivity contribution in [3.05, 3.63) is 0 Å². The normalized spacial score (nSPS) is 30.2. The van der Waals surface area contributed by atoms with Crippen molar-refractivity contribution in [1.29, 1.82) is 0 Å². The summed E-state index contributed by atoms with van der Waals surface area (Å²) in [7, 11) is 0. The van der Waals surface area contributed by atoms with Crippen LogP contribution in [0.1, 0.15) is 25.7 Å². The molecule has 0 unspecified atom stereocenters. The minimum atomic E-state index is -2.32. The lowest BCUT2D eigenvalue weighted by Crippen LogP contribution is -2.27. The first-order chi connectivity index (χ1) is 6.18. The predicted molar refractivity (Wildman–Crippen MR) is 49.3 cm³/mol. The molecule has 0 amide bonds. The van der Waals surface area contributed by atoms with Gasteiger partial charge >= 0.3 is 0 Å². The zero-order valence-electron chi connectivity index (χ0n) is 7.63. The summed E-state index contributed by atoms with van der Waals surface area (Å²) in [5.41, 5.74) is 5.71. The number of halogens is 2. The van der Waals surface area contributed by atoms with E-state index in [1.807, 2.05) is 0 Å². The molecule has 1 fully saturated rings. The van der Waals surface area contributed by atoms with Crippen LogP contribution in [0, 0.1) is 5.92 Å². The third-order valence-corrected chi connectivity index (χ3v) is 2.38. The van der Waals surface area contributed by atoms with E-state index in [0.717, 1.165) is 25.7 Å². The molecule has 1 aliphatic carbocycles. The van der Waals surface area contributed by atoms with Crippen molar-refractivity contribution < 1.29 is 8.78 Å². The number of rotatable bonds is 3. The fraction of sp³-hybridized carbons (Fsp3) is 0.889. The average molecular weight is 190 g/mol. The Hall–Kier alpha value is -0.510. The van der Waals surface area contributed by atoms with E-state index in [9.17, 15) is 8.78 Å². The van der Waals surface area contributed by atoms with Gasteiger partial charge in [0.2, 0.25) is 0 Å². The highest BCUT2D eigenvalue weighted by Crippen LogP contribution is 2.21. The van der Waals surface area contributed by atoms with Crippen molar-refractivity contribution in [3.8, 4) is 0 Å². The smallest absolute Gasteiger partial charge is 0.257 e. The van der Waals surface area contributed by atoms with Crippen LogP contribution in [-0.2, 0) is 0 Å². The van der Waals surface area contributed by atoms with E-state index in [4.69, 9.17) is 5.73 Å². The highest BCUT2D eigenvalue weighted by atomic mass is 19.3. The molecule has 1 aliphatic rings. The Bertz CT molecular complexity index is 163. The van der Waals surface area contributed by atoms with Gasteiger partial charge in [0.25, 0.3) is 6.43 Å². The molecule has 2 nitrogen and oxygen atoms in total. The molecule has 0 spiro atoms. The Balaban J connectivity index is 2.18. The zero-order valence-corrected chi connectivity index (χ0v) is 7.63. The quantitative estimate of drug-likeness (QED) is 0.677. The van der Waals surface area contributed by atoms with Crippen molar-refractivity contribution in [3.63, 3.8) is 0 Å². The second-order valence-electron chi connectivity index (χ2n) is 3.58. The minimum absolute atomic E-state index is 0.305. The first-order valence-electron chi connectivity index (χ1n) is 4.72. The van der Waals surface area contributed by atoms with Crippen LogP contribution >= 0.6 is 0 Å². The molecule has 0 atom stereocenters. The van der Waals surface area contributed by atoms with Crippen molar-refractivity contribution >= 4 is 6.21 Å². The Labute approximate surface area is 77.2 Å². The summed E-state index contributed by atoms with van der Waals surface area (Å²) in [5.74, 6) is 0.374. The SMILES string of the molecule is NC1CCC(C=NCC(F)F)CC1. The fourth-order valence-electron chi connectivity index (χ4n) is 1.58. The van der Waals surface area contributed by atoms with E-state index in [1.165, 1.54) is 0 Å². The highest BCUT2D eigenvalue weighted by Gasteiger charge is 2.16. The molecule has 0 saturated heterocycles. The lowest BCUT2D eigenvalue weighted by atomic mass is 9.87. The highest BCUT2D eigenvalue weighted by molar-refractivity contribution is 5.60. The van der Waals surface area contributed by atoms with Gasteiger partial charge in [0.1, 0.15) is 0 Å². The van der Waals surface area contributed by atoms with Gasteiger partial charge in [0, 0.05) is 12.3 Å². The number of hydrogen-bond acceptors (Lipinski definition) is 2. The third kappa shape index (κ3) is 4.31. The van der Waals surface area contributed by atoms with Crippen molar-refractivity contribution in [2.75, 3.05) is 6.54 Å². The molecule has 0 aromatic heterocycles. The molecule has 1 rings (SSSR count). The molecular weight excluding hydrogens is 174 g/mol. The van der Waals surface area contributed by atoms with E-state index in [0.29, 0.717) is 12.0 Å². The fourth-order valence-corrected chi connectivity index (χ4v) is 1.58. The minimum Gasteiger partial charge on any atom is -0.328 e. The van der Waals surface area contributed by atoms with Crippen LogP contribution in [0.3, 0.4) is 0 Å². The van der Waals surface area contributed by atoms with Crippen LogP contribution in [-0.4, -0.2) is 25.2 Å². The van der Waals surface area contributed by atoms with Crippen LogP contribution in [0.15, 0.2) is 4.99 Å². The zero-order chi connectivity index (χ0) is 9.68. The molecular formula is C9H16F2N2. The molecule has 4 heteroatoms. The standard InChI is InChI=1S/C9H16F2N2/c10-9(11)6-13-5-7-1-3-8(12)4-2-7/h5,7-9H,1-4,6,12H2. The van der Waals surface area contributed by atoms with Crippen LogP contribution < -0.4 is 5.73 Å². The lowest BCUT2D eigenvalue weighted by Gasteiger charge is -2.22. The molecule has 0 bridgehead atoms. The summed E-state index contributed by atoms with van der Waals surface area (Å²) in [6.45, 7) is -0.359. The lowest BCUT2D eigenvalue weighted by molar-refractivity contribution is 0.158. The van der Waals surface area contributed by atoms with Gasteiger partial charge in [0.05, 0.1) is 6.54 Å². The molecule has 0 aromatic rings. The number of hydrogen-bond donors (Lipinski definition) is 1. The summed E-state index contributed by atoms with van der Waals surface area (Å²) in [5, 5.41) is 0. The summed E-state index contributed by atoms with van der Waals surface area (Å²) >= 11 is 0. The molecule has 2 N–H and O–H groups in total. The van der Waals surface area contributed by atoms with E-state index >= 15 is 0 Å². The molecule has 0 aromatic carbocycles. The molecule has 1 saturated carbocycles. The Morgan fingerprint density at radius 3 is 2.46 bits per heavy atom. The van der Waals surface area contributed by atoms with E-state index in [2.05, 4.69) is 4.99 Å². The van der Waals surface area contributed by atoms with Gasteiger partial charge < -0.3 is 5.73 Å². The van der Waals surface area contributed by atoms with Crippen LogP contribution in [0.5, 0.6) is 0 Å². The maximum absolute atomic E-state index is 11.7. The predicted octanol–water partition coefficient (Wildman–Crippen LogP) is 1.84. The Morgan fingerprint density at radius 2 is 1.92 bits per heavy atom. The van der Waals surface area contributed by atoms with Crippen LogP contribution in [0.25, 0.3) is 0 Å². The molecule has 0 radical (unpaired) electrons. The van der Waals surface area contributed by atoms with Crippen molar-refractivity contribution in [1.82, 2.24) is 0 Å². The van der Waals surface area contributed by atoms with Crippen LogP contribution in [0.2, 0.25) is 0 Å². The summed E-state index contributed by atoms with van der Waals surface area (Å²) in [6.07, 6.45) is 3.33. The maximum atomic E-state index is 11.7. The monoisotopic (exact) mass is 190 g/mol. The largest absolute Gasteiger partial charge is 0.328 e. The van der Waals surface area contributed by atoms with Gasteiger partial charge in [0.15, 0.2) is 0 Å². The summed E-state index contributed by atoms with van der Waals surface area (Å²) < 4.78 is 23.4. The van der Waals surface area contributed by atoms with Gasteiger partial charge in [-0.25, -0.2) is 8.78 Å². The summed E-state index contributed by atoms with van der Waals surface area (Å²) in [6, 6.07) is 0.305. The summed E-state index contributed by atoms with van der Waals surface area (Å²) in [4.78, 5) is 3.70. The van der Waals surface area contributed by atoms with E-state index in [1.54, 1.807) is 6.21 Å². The van der Waals surface area contributed by atoms with Gasteiger partial charge in [-0.3, -0.25) is 4.99 Å². The molecule has 0 aliphatic heterocycles. The number of alkyl halides is 2. The van der Waals surface area contributed by atoms with E-state index in [-0.39, 0.29) is 6.54 Å². The average Bonchev–Trinajstić information content (AvgIpc) is 2.08. The maximum Gasteiger partial charge on any atom is 0.257 e. The first kappa shape index (κ1) is 10.6. The number of nitrogens with zero attached hydrogens (tertiary/aromatic N) is 1. The van der Waals surface area contributed by atoms with Gasteiger partial charge in [-0.2, -0.15) is 0 Å². The van der Waals surface area contributed by atoms with Gasteiger partial charge in [-0.15, -0.1) is 0 Å². The van der Waals surface area contributed by atoms with E-state index < -0.39 is 6.43 Å². The Morgan fingerprint density at radius 1 is 1.31 bits per heavy atom. The topological polar surface area (TPSA) is 38.4 Å². The molecule has 0 heterocycles. The number of nitrogens with two attached hydrogens (primary N) is 1. The third-order valence-electron chi connectivity index (χ3n) is 2.38. The Kier molecular flexibility index (Phi) is 4.28. The second kappa shape index (κ2) is 5.27. The second-order valence-corrected chi connectivity index (χ2v) is 3.58. The molecule has 13 heavy (non-hydrogen) atoms. The van der Waals surface area contributed by atoms with Gasteiger partial charge in [-0.05, 0) is 31.6 Å². The van der Waals surface area contributed by atoms with Crippen LogP contribution in [0.4, 0.5) is 8.78 Å². The number of aliphatic imine (C=N–C) groups is 1. The van der Waals surface area contributed by atoms with Crippen molar-refractivity contribution in [2.45, 2.75) is 38.2 Å². The molecule has 76 valence electrons.